The zero-order chi connectivity index (χ0) is 26.3. The Labute approximate surface area is 211 Å². The van der Waals surface area contributed by atoms with Crippen LogP contribution in [0, 0.1) is 11.8 Å². The first-order chi connectivity index (χ1) is 16.2. The zero-order valence-corrected chi connectivity index (χ0v) is 24.1. The molecule has 1 heterocycles. The van der Waals surface area contributed by atoms with Crippen LogP contribution < -0.4 is 4.74 Å². The number of carbonyl (C=O) groups is 2. The van der Waals surface area contributed by atoms with E-state index in [4.69, 9.17) is 13.7 Å². The SMILES string of the molecule is CCCCOc1noc2c1C(=O)[C@@]1(O[Si](C)(C)C(C)(C)C)C(=O)C=C[C@@H](CN(C)C)[C@H]1[C@@H]2N(C)C. The summed E-state index contributed by atoms with van der Waals surface area (Å²) < 4.78 is 18.7. The molecule has 0 spiro atoms. The Morgan fingerprint density at radius 3 is 2.37 bits per heavy atom. The molecule has 1 aromatic rings. The van der Waals surface area contributed by atoms with E-state index in [1.54, 1.807) is 6.08 Å². The molecule has 0 radical (unpaired) electrons. The number of Topliss-reactive ketones (excluding diaryl/α,β-unsaturated/α-hetero) is 1. The van der Waals surface area contributed by atoms with Crippen LogP contribution in [0.2, 0.25) is 18.1 Å². The molecule has 2 aliphatic rings. The number of rotatable bonds is 9. The van der Waals surface area contributed by atoms with Gasteiger partial charge in [-0.3, -0.25) is 14.5 Å². The van der Waals surface area contributed by atoms with Crippen molar-refractivity contribution in [2.45, 2.75) is 70.3 Å². The quantitative estimate of drug-likeness (QED) is 0.278. The summed E-state index contributed by atoms with van der Waals surface area (Å²) in [7, 11) is 5.30. The van der Waals surface area contributed by atoms with Gasteiger partial charge in [0.1, 0.15) is 5.56 Å². The lowest BCUT2D eigenvalue weighted by Crippen LogP contribution is -2.68. The summed E-state index contributed by atoms with van der Waals surface area (Å²) in [5, 5.41) is 3.97. The van der Waals surface area contributed by atoms with E-state index in [1.165, 1.54) is 0 Å². The highest BCUT2D eigenvalue weighted by Crippen LogP contribution is 2.55. The van der Waals surface area contributed by atoms with E-state index >= 15 is 0 Å². The first kappa shape index (κ1) is 27.8. The second-order valence-electron chi connectivity index (χ2n) is 11.9. The Hall–Kier alpha value is -1.81. The number of unbranched alkanes of at least 4 members (excludes halogenated alkanes) is 1. The summed E-state index contributed by atoms with van der Waals surface area (Å²) >= 11 is 0. The number of ketones is 2. The molecular formula is C26H43N3O5Si. The van der Waals surface area contributed by atoms with E-state index in [2.05, 4.69) is 50.8 Å². The van der Waals surface area contributed by atoms with Crippen LogP contribution in [0.25, 0.3) is 0 Å². The van der Waals surface area contributed by atoms with Gasteiger partial charge in [0, 0.05) is 12.5 Å². The van der Waals surface area contributed by atoms with Crippen LogP contribution in [-0.2, 0) is 9.22 Å². The third kappa shape index (κ3) is 4.80. The van der Waals surface area contributed by atoms with Crippen molar-refractivity contribution < 1.29 is 23.3 Å². The van der Waals surface area contributed by atoms with Gasteiger partial charge >= 0.3 is 0 Å². The monoisotopic (exact) mass is 505 g/mol. The van der Waals surface area contributed by atoms with E-state index < -0.39 is 19.8 Å². The van der Waals surface area contributed by atoms with Crippen molar-refractivity contribution in [3.05, 3.63) is 23.5 Å². The average molecular weight is 506 g/mol. The molecule has 0 fully saturated rings. The van der Waals surface area contributed by atoms with Crippen LogP contribution in [0.4, 0.5) is 0 Å². The van der Waals surface area contributed by atoms with Gasteiger partial charge in [0.05, 0.1) is 12.6 Å². The molecule has 35 heavy (non-hydrogen) atoms. The second kappa shape index (κ2) is 9.92. The Bertz CT molecular complexity index is 978. The van der Waals surface area contributed by atoms with Gasteiger partial charge in [-0.05, 0) is 69.9 Å². The predicted octanol–water partition coefficient (Wildman–Crippen LogP) is 4.35. The van der Waals surface area contributed by atoms with Crippen molar-refractivity contribution in [2.24, 2.45) is 11.8 Å². The van der Waals surface area contributed by atoms with Gasteiger partial charge in [-0.15, -0.1) is 0 Å². The first-order valence-corrected chi connectivity index (χ1v) is 15.5. The number of carbonyl (C=O) groups excluding carboxylic acids is 2. The van der Waals surface area contributed by atoms with Gasteiger partial charge < -0.3 is 18.6 Å². The van der Waals surface area contributed by atoms with Gasteiger partial charge in [-0.2, -0.15) is 0 Å². The maximum Gasteiger partial charge on any atom is 0.265 e. The number of hydrogen-bond acceptors (Lipinski definition) is 8. The van der Waals surface area contributed by atoms with Crippen LogP contribution in [-0.4, -0.2) is 81.8 Å². The lowest BCUT2D eigenvalue weighted by atomic mass is 9.61. The van der Waals surface area contributed by atoms with Crippen molar-refractivity contribution >= 4 is 19.9 Å². The number of ether oxygens (including phenoxy) is 1. The summed E-state index contributed by atoms with van der Waals surface area (Å²) in [4.78, 5) is 32.6. The van der Waals surface area contributed by atoms with Gasteiger partial charge in [-0.1, -0.05) is 40.2 Å². The summed E-state index contributed by atoms with van der Waals surface area (Å²) in [6.07, 6.45) is 5.26. The van der Waals surface area contributed by atoms with Crippen molar-refractivity contribution in [3.8, 4) is 5.88 Å². The molecule has 196 valence electrons. The van der Waals surface area contributed by atoms with Crippen LogP contribution in [0.5, 0.6) is 5.88 Å². The van der Waals surface area contributed by atoms with Crippen LogP contribution in [0.15, 0.2) is 16.7 Å². The molecule has 4 atom stereocenters. The minimum absolute atomic E-state index is 0.105. The highest BCUT2D eigenvalue weighted by atomic mass is 28.4. The lowest BCUT2D eigenvalue weighted by molar-refractivity contribution is -0.138. The second-order valence-corrected chi connectivity index (χ2v) is 16.7. The summed E-state index contributed by atoms with van der Waals surface area (Å²) in [5.41, 5.74) is -1.41. The molecule has 9 heteroatoms. The van der Waals surface area contributed by atoms with E-state index in [1.807, 2.05) is 39.2 Å². The normalized spacial score (nSPS) is 26.9. The minimum Gasteiger partial charge on any atom is -0.475 e. The first-order valence-electron chi connectivity index (χ1n) is 12.6. The fourth-order valence-electron chi connectivity index (χ4n) is 4.97. The van der Waals surface area contributed by atoms with Gasteiger partial charge in [0.2, 0.25) is 5.78 Å². The molecule has 8 nitrogen and oxygen atoms in total. The average Bonchev–Trinajstić information content (AvgIpc) is 3.14. The molecule has 2 aliphatic carbocycles. The summed E-state index contributed by atoms with van der Waals surface area (Å²) in [6.45, 7) is 13.7. The van der Waals surface area contributed by atoms with E-state index in [0.29, 0.717) is 18.9 Å². The largest absolute Gasteiger partial charge is 0.475 e. The van der Waals surface area contributed by atoms with Gasteiger partial charge in [-0.25, -0.2) is 0 Å². The summed E-state index contributed by atoms with van der Waals surface area (Å²) in [6, 6.07) is -0.387. The van der Waals surface area contributed by atoms with E-state index in [-0.39, 0.29) is 40.0 Å². The minimum atomic E-state index is -2.58. The Morgan fingerprint density at radius 1 is 1.17 bits per heavy atom. The molecule has 0 amide bonds. The highest BCUT2D eigenvalue weighted by Gasteiger charge is 2.67. The number of nitrogens with zero attached hydrogens (tertiary/aromatic N) is 3. The third-order valence-electron chi connectivity index (χ3n) is 7.74. The summed E-state index contributed by atoms with van der Waals surface area (Å²) in [5.74, 6) is -0.641. The number of fused-ring (bicyclic) bond motifs is 2. The molecule has 3 rings (SSSR count). The van der Waals surface area contributed by atoms with Crippen molar-refractivity contribution in [1.82, 2.24) is 15.0 Å². The zero-order valence-electron chi connectivity index (χ0n) is 23.1. The van der Waals surface area contributed by atoms with Crippen LogP contribution >= 0.6 is 0 Å². The standard InChI is InChI=1S/C26H43N3O5Si/c1-11-12-15-32-24-19-22(33-27-24)21(29(7)8)20-17(16-28(5)6)13-14-18(30)26(20,23(19)31)34-35(9,10)25(2,3)4/h13-14,17,20-21H,11-12,15-16H2,1-10H3/t17-,20-,21-,26+/m0/s1. The van der Waals surface area contributed by atoms with E-state index in [9.17, 15) is 9.59 Å². The molecule has 0 bridgehead atoms. The van der Waals surface area contributed by atoms with Gasteiger partial charge in [0.25, 0.3) is 5.88 Å². The topological polar surface area (TPSA) is 85.1 Å². The maximum absolute atomic E-state index is 14.5. The molecule has 0 N–H and O–H groups in total. The van der Waals surface area contributed by atoms with Crippen LogP contribution in [0.1, 0.15) is 62.7 Å². The highest BCUT2D eigenvalue weighted by molar-refractivity contribution is 6.74. The molecule has 0 unspecified atom stereocenters. The van der Waals surface area contributed by atoms with Crippen molar-refractivity contribution in [1.29, 1.82) is 0 Å². The number of hydrogen-bond donors (Lipinski definition) is 0. The van der Waals surface area contributed by atoms with Crippen molar-refractivity contribution in [2.75, 3.05) is 41.3 Å². The Morgan fingerprint density at radius 2 is 1.83 bits per heavy atom. The molecule has 0 saturated carbocycles. The Balaban J connectivity index is 2.29. The maximum atomic E-state index is 14.5. The lowest BCUT2D eigenvalue weighted by Gasteiger charge is -2.54. The number of aromatic nitrogens is 1. The van der Waals surface area contributed by atoms with Gasteiger partial charge in [0.15, 0.2) is 25.5 Å². The predicted molar refractivity (Wildman–Crippen MR) is 138 cm³/mol. The molecule has 0 aliphatic heterocycles. The fraction of sp³-hybridized carbons (Fsp3) is 0.731. The Kier molecular flexibility index (Phi) is 7.87. The van der Waals surface area contributed by atoms with Crippen LogP contribution in [0.3, 0.4) is 0 Å². The third-order valence-corrected chi connectivity index (χ3v) is 12.2. The molecular weight excluding hydrogens is 462 g/mol. The smallest absolute Gasteiger partial charge is 0.265 e. The molecule has 0 saturated heterocycles. The van der Waals surface area contributed by atoms with Crippen molar-refractivity contribution in [3.63, 3.8) is 0 Å². The molecule has 0 aromatic carbocycles. The fourth-order valence-corrected chi connectivity index (χ4v) is 6.41. The molecule has 1 aromatic heterocycles. The van der Waals surface area contributed by atoms with E-state index in [0.717, 1.165) is 12.8 Å².